The molecule has 0 aliphatic heterocycles. The van der Waals surface area contributed by atoms with E-state index < -0.39 is 5.91 Å². The number of nitrogens with zero attached hydrogens (tertiary/aromatic N) is 3. The molecular weight excluding hydrogens is 410 g/mol. The molecular formula is C23H19N5O4. The molecule has 0 aliphatic rings. The van der Waals surface area contributed by atoms with Gasteiger partial charge in [0.05, 0.1) is 12.0 Å². The molecule has 0 saturated heterocycles. The number of amides is 1. The van der Waals surface area contributed by atoms with Crippen molar-refractivity contribution in [1.82, 2.24) is 19.7 Å². The van der Waals surface area contributed by atoms with Crippen molar-refractivity contribution in [2.45, 2.75) is 19.8 Å². The topological polar surface area (TPSA) is 119 Å². The second-order valence-electron chi connectivity index (χ2n) is 7.56. The third kappa shape index (κ3) is 3.60. The van der Waals surface area contributed by atoms with Crippen molar-refractivity contribution in [3.63, 3.8) is 0 Å². The van der Waals surface area contributed by atoms with Gasteiger partial charge in [0.25, 0.3) is 11.5 Å². The molecule has 0 aliphatic carbocycles. The van der Waals surface area contributed by atoms with E-state index in [9.17, 15) is 9.59 Å². The van der Waals surface area contributed by atoms with E-state index in [0.29, 0.717) is 28.5 Å². The number of para-hydroxylation sites is 1. The van der Waals surface area contributed by atoms with Crippen molar-refractivity contribution in [1.29, 1.82) is 0 Å². The molecule has 5 aromatic rings. The first kappa shape index (κ1) is 19.6. The molecule has 4 aromatic heterocycles. The lowest BCUT2D eigenvalue weighted by Crippen LogP contribution is -2.19. The first-order valence-electron chi connectivity index (χ1n) is 10.0. The van der Waals surface area contributed by atoms with Crippen LogP contribution < -0.4 is 10.9 Å². The number of rotatable bonds is 5. The number of benzene rings is 1. The predicted octanol–water partition coefficient (Wildman–Crippen LogP) is 4.34. The molecule has 2 N–H and O–H groups in total. The SMILES string of the molecule is CC(C)c1cc(=O)[nH]c(-n2nc(-c3ccco3)cc2NC(=O)c2cc3ccccc3o2)n1. The highest BCUT2D eigenvalue weighted by molar-refractivity contribution is 6.04. The Morgan fingerprint density at radius 3 is 2.72 bits per heavy atom. The van der Waals surface area contributed by atoms with Crippen LogP contribution in [0.4, 0.5) is 5.82 Å². The van der Waals surface area contributed by atoms with Crippen LogP contribution in [-0.2, 0) is 0 Å². The number of hydrogen-bond acceptors (Lipinski definition) is 6. The summed E-state index contributed by atoms with van der Waals surface area (Å²) >= 11 is 0. The van der Waals surface area contributed by atoms with Gasteiger partial charge in [0.2, 0.25) is 5.95 Å². The van der Waals surface area contributed by atoms with Crippen molar-refractivity contribution < 1.29 is 13.6 Å². The molecule has 5 rings (SSSR count). The maximum Gasteiger partial charge on any atom is 0.292 e. The Bertz CT molecular complexity index is 1440. The fourth-order valence-corrected chi connectivity index (χ4v) is 3.31. The van der Waals surface area contributed by atoms with Crippen LogP contribution in [0.2, 0.25) is 0 Å². The maximum atomic E-state index is 12.9. The molecule has 9 nitrogen and oxygen atoms in total. The summed E-state index contributed by atoms with van der Waals surface area (Å²) in [6, 6.07) is 15.6. The van der Waals surface area contributed by atoms with E-state index in [1.165, 1.54) is 17.0 Å². The van der Waals surface area contributed by atoms with E-state index >= 15 is 0 Å². The van der Waals surface area contributed by atoms with Crippen LogP contribution in [0.1, 0.15) is 36.0 Å². The third-order valence-corrected chi connectivity index (χ3v) is 4.92. The average Bonchev–Trinajstić information content (AvgIpc) is 3.52. The minimum absolute atomic E-state index is 0.0322. The Morgan fingerprint density at radius 2 is 1.97 bits per heavy atom. The summed E-state index contributed by atoms with van der Waals surface area (Å²) in [5, 5.41) is 8.12. The fourth-order valence-electron chi connectivity index (χ4n) is 3.31. The molecule has 0 radical (unpaired) electrons. The number of aromatic amines is 1. The Hall–Kier alpha value is -4.40. The smallest absolute Gasteiger partial charge is 0.292 e. The molecule has 32 heavy (non-hydrogen) atoms. The minimum Gasteiger partial charge on any atom is -0.463 e. The standard InChI is InChI=1S/C23H19N5O4/c1-13(2)15-12-21(29)26-23(24-15)28-20(11-16(27-28)18-8-5-9-31-18)25-22(30)19-10-14-6-3-4-7-17(14)32-19/h3-13H,1-2H3,(H,25,30)(H,24,26,29). The monoisotopic (exact) mass is 429 g/mol. The predicted molar refractivity (Wildman–Crippen MR) is 118 cm³/mol. The highest BCUT2D eigenvalue weighted by Crippen LogP contribution is 2.26. The van der Waals surface area contributed by atoms with E-state index in [0.717, 1.165) is 5.39 Å². The van der Waals surface area contributed by atoms with E-state index in [1.54, 1.807) is 30.3 Å². The number of carbonyl (C=O) groups excluding carboxylic acids is 1. The second kappa shape index (κ2) is 7.69. The number of furan rings is 2. The van der Waals surface area contributed by atoms with Gasteiger partial charge in [-0.2, -0.15) is 9.78 Å². The number of nitrogens with one attached hydrogen (secondary N) is 2. The van der Waals surface area contributed by atoms with Gasteiger partial charge in [-0.1, -0.05) is 32.0 Å². The zero-order chi connectivity index (χ0) is 22.2. The molecule has 0 saturated carbocycles. The van der Waals surface area contributed by atoms with E-state index in [4.69, 9.17) is 8.83 Å². The number of H-pyrrole nitrogens is 1. The number of anilines is 1. The van der Waals surface area contributed by atoms with Crippen molar-refractivity contribution in [3.8, 4) is 17.4 Å². The van der Waals surface area contributed by atoms with Crippen LogP contribution in [0.5, 0.6) is 0 Å². The van der Waals surface area contributed by atoms with Gasteiger partial charge >= 0.3 is 0 Å². The quantitative estimate of drug-likeness (QED) is 0.429. The summed E-state index contributed by atoms with van der Waals surface area (Å²) in [7, 11) is 0. The molecule has 0 atom stereocenters. The fraction of sp³-hybridized carbons (Fsp3) is 0.130. The normalized spacial score (nSPS) is 11.3. The zero-order valence-electron chi connectivity index (χ0n) is 17.3. The van der Waals surface area contributed by atoms with Crippen molar-refractivity contribution >= 4 is 22.7 Å². The van der Waals surface area contributed by atoms with Gasteiger partial charge in [-0.15, -0.1) is 0 Å². The van der Waals surface area contributed by atoms with Gasteiger partial charge in [-0.3, -0.25) is 14.6 Å². The van der Waals surface area contributed by atoms with Crippen LogP contribution in [0, 0.1) is 0 Å². The van der Waals surface area contributed by atoms with Gasteiger partial charge in [-0.05, 0) is 30.2 Å². The summed E-state index contributed by atoms with van der Waals surface area (Å²) in [6.45, 7) is 3.88. The minimum atomic E-state index is -0.462. The van der Waals surface area contributed by atoms with Gasteiger partial charge in [0.1, 0.15) is 17.1 Å². The third-order valence-electron chi connectivity index (χ3n) is 4.92. The van der Waals surface area contributed by atoms with Gasteiger partial charge in [0.15, 0.2) is 11.5 Å². The number of hydrogen-bond donors (Lipinski definition) is 2. The van der Waals surface area contributed by atoms with Crippen molar-refractivity contribution in [2.75, 3.05) is 5.32 Å². The molecule has 4 heterocycles. The average molecular weight is 429 g/mol. The van der Waals surface area contributed by atoms with Gasteiger partial charge in [0, 0.05) is 17.5 Å². The highest BCUT2D eigenvalue weighted by atomic mass is 16.3. The summed E-state index contributed by atoms with van der Waals surface area (Å²) in [6.07, 6.45) is 1.53. The lowest BCUT2D eigenvalue weighted by Gasteiger charge is -2.09. The van der Waals surface area contributed by atoms with E-state index in [-0.39, 0.29) is 23.2 Å². The molecule has 9 heteroatoms. The van der Waals surface area contributed by atoms with Crippen molar-refractivity contribution in [3.05, 3.63) is 82.7 Å². The number of fused-ring (bicyclic) bond motifs is 1. The van der Waals surface area contributed by atoms with Gasteiger partial charge < -0.3 is 14.2 Å². The maximum absolute atomic E-state index is 12.9. The van der Waals surface area contributed by atoms with Crippen LogP contribution >= 0.6 is 0 Å². The van der Waals surface area contributed by atoms with Crippen LogP contribution in [0.3, 0.4) is 0 Å². The Labute approximate surface area is 181 Å². The molecule has 1 aromatic carbocycles. The van der Waals surface area contributed by atoms with E-state index in [2.05, 4.69) is 20.4 Å². The number of aromatic nitrogens is 4. The van der Waals surface area contributed by atoms with Crippen LogP contribution in [0.25, 0.3) is 28.4 Å². The summed E-state index contributed by atoms with van der Waals surface area (Å²) < 4.78 is 12.5. The Kier molecular flexibility index (Phi) is 4.70. The summed E-state index contributed by atoms with van der Waals surface area (Å²) in [4.78, 5) is 32.4. The van der Waals surface area contributed by atoms with Crippen molar-refractivity contribution in [2.24, 2.45) is 0 Å². The largest absolute Gasteiger partial charge is 0.463 e. The summed E-state index contributed by atoms with van der Waals surface area (Å²) in [5.74, 6) is 0.700. The molecule has 1 amide bonds. The first-order chi connectivity index (χ1) is 15.5. The lowest BCUT2D eigenvalue weighted by atomic mass is 10.1. The van der Waals surface area contributed by atoms with E-state index in [1.807, 2.05) is 32.0 Å². The zero-order valence-corrected chi connectivity index (χ0v) is 17.3. The first-order valence-corrected chi connectivity index (χ1v) is 10.0. The second-order valence-corrected chi connectivity index (χ2v) is 7.56. The highest BCUT2D eigenvalue weighted by Gasteiger charge is 2.20. The Balaban J connectivity index is 1.58. The lowest BCUT2D eigenvalue weighted by molar-refractivity contribution is 0.0998. The molecule has 0 fully saturated rings. The molecule has 0 unspecified atom stereocenters. The summed E-state index contributed by atoms with van der Waals surface area (Å²) in [5.41, 5.74) is 1.36. The Morgan fingerprint density at radius 1 is 1.12 bits per heavy atom. The molecule has 0 bridgehead atoms. The number of carbonyl (C=O) groups is 1. The van der Waals surface area contributed by atoms with Crippen LogP contribution in [0.15, 0.2) is 74.5 Å². The molecule has 0 spiro atoms. The van der Waals surface area contributed by atoms with Gasteiger partial charge in [-0.25, -0.2) is 4.98 Å². The van der Waals surface area contributed by atoms with Crippen LogP contribution in [-0.4, -0.2) is 25.7 Å². The molecule has 160 valence electrons.